The Kier molecular flexibility index (Phi) is 4.63. The van der Waals surface area contributed by atoms with E-state index in [1.54, 1.807) is 30.3 Å². The number of aryl methyl sites for hydroxylation is 1. The lowest BCUT2D eigenvalue weighted by atomic mass is 9.85. The van der Waals surface area contributed by atoms with Crippen molar-refractivity contribution in [2.45, 2.75) is 37.7 Å². The van der Waals surface area contributed by atoms with Crippen LogP contribution >= 0.6 is 0 Å². The van der Waals surface area contributed by atoms with Crippen molar-refractivity contribution in [2.75, 3.05) is 7.11 Å². The van der Waals surface area contributed by atoms with Gasteiger partial charge in [0.15, 0.2) is 17.6 Å². The van der Waals surface area contributed by atoms with Gasteiger partial charge in [0, 0.05) is 24.7 Å². The molecule has 3 atom stereocenters. The van der Waals surface area contributed by atoms with Crippen LogP contribution in [0.25, 0.3) is 5.76 Å². The third kappa shape index (κ3) is 2.50. The van der Waals surface area contributed by atoms with E-state index in [4.69, 9.17) is 13.9 Å². The molecule has 0 bridgehead atoms. The fraction of sp³-hybridized carbons (Fsp3) is 0.318. The summed E-state index contributed by atoms with van der Waals surface area (Å²) in [6.45, 7) is 3.38. The minimum absolute atomic E-state index is 0.0490. The third-order valence-corrected chi connectivity index (χ3v) is 5.62. The van der Waals surface area contributed by atoms with Crippen LogP contribution < -0.4 is 5.32 Å². The summed E-state index contributed by atoms with van der Waals surface area (Å²) in [6, 6.07) is 11.4. The third-order valence-electron chi connectivity index (χ3n) is 5.62. The van der Waals surface area contributed by atoms with Crippen LogP contribution in [0.4, 0.5) is 0 Å². The van der Waals surface area contributed by atoms with E-state index >= 15 is 0 Å². The normalized spacial score (nSPS) is 28.2. The number of methoxy groups -OCH3 is 1. The molecule has 8 heteroatoms. The summed E-state index contributed by atoms with van der Waals surface area (Å²) in [4.78, 5) is 39.3. The van der Waals surface area contributed by atoms with Gasteiger partial charge in [-0.25, -0.2) is 0 Å². The molecule has 0 aliphatic carbocycles. The van der Waals surface area contributed by atoms with Crippen molar-refractivity contribution in [1.29, 1.82) is 0 Å². The highest BCUT2D eigenvalue weighted by molar-refractivity contribution is 6.25. The van der Waals surface area contributed by atoms with Gasteiger partial charge in [-0.15, -0.1) is 0 Å². The number of benzene rings is 1. The monoisotopic (exact) mass is 411 g/mol. The van der Waals surface area contributed by atoms with Crippen molar-refractivity contribution in [3.8, 4) is 0 Å². The number of nitrogens with one attached hydrogen (secondary N) is 1. The summed E-state index contributed by atoms with van der Waals surface area (Å²) in [7, 11) is 1.17. The summed E-state index contributed by atoms with van der Waals surface area (Å²) < 4.78 is 16.8. The molecule has 0 saturated carbocycles. The van der Waals surface area contributed by atoms with Gasteiger partial charge >= 0.3 is 0 Å². The van der Waals surface area contributed by atoms with Crippen LogP contribution in [0.1, 0.15) is 35.7 Å². The Morgan fingerprint density at radius 2 is 1.90 bits per heavy atom. The van der Waals surface area contributed by atoms with Crippen molar-refractivity contribution >= 4 is 23.2 Å². The zero-order valence-corrected chi connectivity index (χ0v) is 16.7. The summed E-state index contributed by atoms with van der Waals surface area (Å²) in [5, 5.41) is 13.5. The molecular weight excluding hydrogens is 390 g/mol. The first kappa shape index (κ1) is 20.1. The molecule has 2 aliphatic rings. The molecule has 1 spiro atoms. The molecule has 8 nitrogen and oxygen atoms in total. The largest absolute Gasteiger partial charge is 0.462 e. The number of hydrogen-bond donors (Lipinski definition) is 2. The van der Waals surface area contributed by atoms with E-state index in [1.165, 1.54) is 26.2 Å². The zero-order valence-electron chi connectivity index (χ0n) is 16.7. The molecule has 4 rings (SSSR count). The van der Waals surface area contributed by atoms with Gasteiger partial charge in [0.05, 0.1) is 0 Å². The number of carbonyl (C=O) groups excluding carboxylic acids is 3. The Labute approximate surface area is 172 Å². The van der Waals surface area contributed by atoms with Gasteiger partial charge in [-0.05, 0) is 19.1 Å². The molecule has 2 N–H and O–H groups in total. The first-order chi connectivity index (χ1) is 14.3. The number of ketones is 2. The SMILES string of the molecule is CCc1ccc(C2=C(C)C(=O)C3(O2)C(=O)N[C@](OC)(C(=O)c2ccccc2)[C@H]3O)o1. The maximum atomic E-state index is 13.2. The Morgan fingerprint density at radius 1 is 1.20 bits per heavy atom. The fourth-order valence-corrected chi connectivity index (χ4v) is 3.90. The maximum Gasteiger partial charge on any atom is 0.279 e. The highest BCUT2D eigenvalue weighted by Gasteiger charge is 2.74. The van der Waals surface area contributed by atoms with E-state index in [2.05, 4.69) is 5.32 Å². The van der Waals surface area contributed by atoms with E-state index in [0.29, 0.717) is 12.2 Å². The molecular formula is C22H21NO7. The number of aliphatic hydroxyl groups is 1. The zero-order chi connectivity index (χ0) is 21.7. The summed E-state index contributed by atoms with van der Waals surface area (Å²) in [5.74, 6) is -1.42. The number of carbonyl (C=O) groups is 3. The Bertz CT molecular complexity index is 1070. The van der Waals surface area contributed by atoms with E-state index in [-0.39, 0.29) is 22.7 Å². The van der Waals surface area contributed by atoms with E-state index < -0.39 is 34.9 Å². The minimum Gasteiger partial charge on any atom is -0.462 e. The van der Waals surface area contributed by atoms with Crippen LogP contribution in [0, 0.1) is 0 Å². The van der Waals surface area contributed by atoms with Gasteiger partial charge in [0.1, 0.15) is 5.76 Å². The molecule has 1 saturated heterocycles. The van der Waals surface area contributed by atoms with Gasteiger partial charge < -0.3 is 24.3 Å². The average molecular weight is 411 g/mol. The lowest BCUT2D eigenvalue weighted by Crippen LogP contribution is -2.60. The van der Waals surface area contributed by atoms with Crippen molar-refractivity contribution < 1.29 is 33.4 Å². The van der Waals surface area contributed by atoms with Crippen molar-refractivity contribution in [3.05, 3.63) is 65.1 Å². The molecule has 1 fully saturated rings. The predicted molar refractivity (Wildman–Crippen MR) is 104 cm³/mol. The number of rotatable bonds is 5. The summed E-state index contributed by atoms with van der Waals surface area (Å²) in [5.41, 5.74) is -4.22. The molecule has 1 unspecified atom stereocenters. The minimum atomic E-state index is -2.35. The van der Waals surface area contributed by atoms with Gasteiger partial charge in [0.2, 0.25) is 17.3 Å². The number of Topliss-reactive ketones (excluding diaryl/α,β-unsaturated/α-hetero) is 2. The second-order valence-corrected chi connectivity index (χ2v) is 7.23. The highest BCUT2D eigenvalue weighted by Crippen LogP contribution is 2.45. The van der Waals surface area contributed by atoms with Gasteiger partial charge in [-0.1, -0.05) is 37.3 Å². The lowest BCUT2D eigenvalue weighted by molar-refractivity contribution is -0.156. The molecule has 0 radical (unpaired) electrons. The topological polar surface area (TPSA) is 115 Å². The first-order valence-electron chi connectivity index (χ1n) is 9.51. The van der Waals surface area contributed by atoms with Crippen LogP contribution in [0.2, 0.25) is 0 Å². The second kappa shape index (κ2) is 6.93. The molecule has 3 heterocycles. The molecule has 2 aromatic rings. The van der Waals surface area contributed by atoms with Crippen molar-refractivity contribution in [3.63, 3.8) is 0 Å². The highest BCUT2D eigenvalue weighted by atomic mass is 16.6. The van der Waals surface area contributed by atoms with Crippen LogP contribution in [-0.4, -0.2) is 47.1 Å². The maximum absolute atomic E-state index is 13.2. The summed E-state index contributed by atoms with van der Waals surface area (Å²) in [6.07, 6.45) is -1.30. The number of hydrogen-bond acceptors (Lipinski definition) is 7. The van der Waals surface area contributed by atoms with Crippen molar-refractivity contribution in [1.82, 2.24) is 5.32 Å². The van der Waals surface area contributed by atoms with E-state index in [1.807, 2.05) is 6.92 Å². The number of aliphatic hydroxyl groups excluding tert-OH is 1. The smallest absolute Gasteiger partial charge is 0.279 e. The van der Waals surface area contributed by atoms with Crippen LogP contribution in [-0.2, 0) is 25.5 Å². The van der Waals surface area contributed by atoms with E-state index in [9.17, 15) is 19.5 Å². The second-order valence-electron chi connectivity index (χ2n) is 7.23. The Hall–Kier alpha value is -3.23. The number of ether oxygens (including phenoxy) is 2. The predicted octanol–water partition coefficient (Wildman–Crippen LogP) is 1.63. The number of furan rings is 1. The van der Waals surface area contributed by atoms with Crippen LogP contribution in [0.5, 0.6) is 0 Å². The van der Waals surface area contributed by atoms with E-state index in [0.717, 1.165) is 0 Å². The molecule has 30 heavy (non-hydrogen) atoms. The fourth-order valence-electron chi connectivity index (χ4n) is 3.90. The molecule has 1 amide bonds. The quantitative estimate of drug-likeness (QED) is 0.568. The molecule has 156 valence electrons. The molecule has 2 aliphatic heterocycles. The van der Waals surface area contributed by atoms with Crippen LogP contribution in [0.15, 0.2) is 52.5 Å². The Balaban J connectivity index is 1.76. The first-order valence-corrected chi connectivity index (χ1v) is 9.51. The van der Waals surface area contributed by atoms with Gasteiger partial charge in [0.25, 0.3) is 11.5 Å². The van der Waals surface area contributed by atoms with Gasteiger partial charge in [-0.2, -0.15) is 0 Å². The standard InChI is InChI=1S/C22H21NO7/c1-4-14-10-11-15(29-14)16-12(2)17(24)21(30-16)19(26)22(28-3,23-20(21)27)18(25)13-8-6-5-7-9-13/h5-11,19,26H,4H2,1-3H3,(H,23,27)/t19-,21?,22-/m0/s1. The summed E-state index contributed by atoms with van der Waals surface area (Å²) >= 11 is 0. The van der Waals surface area contributed by atoms with Crippen molar-refractivity contribution in [2.24, 2.45) is 0 Å². The lowest BCUT2D eigenvalue weighted by Gasteiger charge is -2.32. The number of amides is 1. The molecule has 1 aromatic carbocycles. The van der Waals surface area contributed by atoms with Crippen LogP contribution in [0.3, 0.4) is 0 Å². The van der Waals surface area contributed by atoms with Gasteiger partial charge in [-0.3, -0.25) is 14.4 Å². The molecule has 1 aromatic heterocycles. The Morgan fingerprint density at radius 3 is 2.50 bits per heavy atom. The average Bonchev–Trinajstić information content (AvgIpc) is 3.41.